The molecule has 0 amide bonds. The molecular formula is C25H25N2O3P+2. The van der Waals surface area contributed by atoms with Crippen molar-refractivity contribution in [3.8, 4) is 16.8 Å². The van der Waals surface area contributed by atoms with Crippen LogP contribution in [0.1, 0.15) is 16.7 Å². The number of aryl methyl sites for hydroxylation is 2. The van der Waals surface area contributed by atoms with Crippen LogP contribution in [-0.2, 0) is 11.1 Å². The Kier molecular flexibility index (Phi) is 5.84. The molecule has 0 fully saturated rings. The van der Waals surface area contributed by atoms with Crippen molar-refractivity contribution in [1.29, 1.82) is 0 Å². The third-order valence-corrected chi connectivity index (χ3v) is 6.28. The van der Waals surface area contributed by atoms with E-state index in [0.29, 0.717) is 12.1 Å². The fraction of sp³-hybridized carbons (Fsp3) is 0.120. The summed E-state index contributed by atoms with van der Waals surface area (Å²) in [4.78, 5) is 19.2. The van der Waals surface area contributed by atoms with Crippen LogP contribution in [0.5, 0.6) is 0 Å². The molecule has 2 aromatic heterocycles. The highest BCUT2D eigenvalue weighted by atomic mass is 31.2. The van der Waals surface area contributed by atoms with Gasteiger partial charge in [0.1, 0.15) is 0 Å². The SMILES string of the molecule is Cc1cc(C)cc(-[n+]2ccc(-c3cc[n+](Cc4ccccc4P(=O)(O)O)cc3)cc2)c1. The lowest BCUT2D eigenvalue weighted by molar-refractivity contribution is -0.688. The molecule has 0 aliphatic carbocycles. The molecule has 156 valence electrons. The van der Waals surface area contributed by atoms with Crippen molar-refractivity contribution in [3.05, 3.63) is 108 Å². The molecule has 0 unspecified atom stereocenters. The highest BCUT2D eigenvalue weighted by Crippen LogP contribution is 2.34. The zero-order chi connectivity index (χ0) is 22.0. The normalized spacial score (nSPS) is 11.5. The molecule has 0 saturated carbocycles. The molecule has 0 spiro atoms. The molecule has 0 aliphatic heterocycles. The topological polar surface area (TPSA) is 65.3 Å². The molecule has 2 heterocycles. The van der Waals surface area contributed by atoms with Crippen LogP contribution in [0.2, 0.25) is 0 Å². The van der Waals surface area contributed by atoms with Crippen molar-refractivity contribution in [1.82, 2.24) is 0 Å². The van der Waals surface area contributed by atoms with Gasteiger partial charge in [-0.1, -0.05) is 24.3 Å². The van der Waals surface area contributed by atoms with Crippen molar-refractivity contribution >= 4 is 12.9 Å². The third-order valence-electron chi connectivity index (χ3n) is 5.22. The molecule has 2 N–H and O–H groups in total. The maximum atomic E-state index is 11.7. The summed E-state index contributed by atoms with van der Waals surface area (Å²) in [5, 5.41) is 0.0746. The molecule has 6 heteroatoms. The average Bonchev–Trinajstić information content (AvgIpc) is 2.73. The van der Waals surface area contributed by atoms with Crippen LogP contribution in [0.3, 0.4) is 0 Å². The van der Waals surface area contributed by atoms with E-state index in [2.05, 4.69) is 61.1 Å². The second kappa shape index (κ2) is 8.56. The summed E-state index contributed by atoms with van der Waals surface area (Å²) < 4.78 is 15.7. The van der Waals surface area contributed by atoms with E-state index in [4.69, 9.17) is 0 Å². The van der Waals surface area contributed by atoms with Gasteiger partial charge in [-0.15, -0.1) is 0 Å². The molecule has 0 saturated heterocycles. The quantitative estimate of drug-likeness (QED) is 0.375. The lowest BCUT2D eigenvalue weighted by Crippen LogP contribution is -2.35. The van der Waals surface area contributed by atoms with E-state index in [1.807, 2.05) is 29.1 Å². The van der Waals surface area contributed by atoms with Gasteiger partial charge in [-0.2, -0.15) is 4.57 Å². The van der Waals surface area contributed by atoms with E-state index in [1.54, 1.807) is 18.2 Å². The zero-order valence-electron chi connectivity index (χ0n) is 17.5. The predicted molar refractivity (Wildman–Crippen MR) is 120 cm³/mol. The summed E-state index contributed by atoms with van der Waals surface area (Å²) in [6.45, 7) is 4.59. The summed E-state index contributed by atoms with van der Waals surface area (Å²) in [5.74, 6) is 0. The fourth-order valence-corrected chi connectivity index (χ4v) is 4.57. The zero-order valence-corrected chi connectivity index (χ0v) is 18.4. The molecule has 0 atom stereocenters. The van der Waals surface area contributed by atoms with Crippen LogP contribution in [0.25, 0.3) is 16.8 Å². The molecule has 5 nitrogen and oxygen atoms in total. The first-order chi connectivity index (χ1) is 14.8. The van der Waals surface area contributed by atoms with Gasteiger partial charge in [0.2, 0.25) is 5.69 Å². The largest absolute Gasteiger partial charge is 0.356 e. The molecule has 0 radical (unpaired) electrons. The first-order valence-electron chi connectivity index (χ1n) is 10.0. The number of pyridine rings is 2. The van der Waals surface area contributed by atoms with E-state index in [1.165, 1.54) is 17.2 Å². The Bertz CT molecular complexity index is 1240. The molecular weight excluding hydrogens is 407 g/mol. The smallest absolute Gasteiger partial charge is 0.321 e. The van der Waals surface area contributed by atoms with Crippen LogP contribution in [-0.4, -0.2) is 9.79 Å². The lowest BCUT2D eigenvalue weighted by atomic mass is 10.1. The minimum Gasteiger partial charge on any atom is -0.321 e. The number of hydrogen-bond acceptors (Lipinski definition) is 1. The van der Waals surface area contributed by atoms with Gasteiger partial charge in [0, 0.05) is 42.0 Å². The van der Waals surface area contributed by atoms with E-state index in [9.17, 15) is 14.4 Å². The van der Waals surface area contributed by atoms with Crippen LogP contribution >= 0.6 is 7.60 Å². The maximum Gasteiger partial charge on any atom is 0.356 e. The van der Waals surface area contributed by atoms with Crippen molar-refractivity contribution in [2.24, 2.45) is 0 Å². The van der Waals surface area contributed by atoms with Gasteiger partial charge in [0.05, 0.1) is 5.30 Å². The van der Waals surface area contributed by atoms with Gasteiger partial charge in [-0.25, -0.2) is 4.57 Å². The van der Waals surface area contributed by atoms with Crippen molar-refractivity contribution in [3.63, 3.8) is 0 Å². The van der Waals surface area contributed by atoms with Gasteiger partial charge in [0.25, 0.3) is 0 Å². The highest BCUT2D eigenvalue weighted by Gasteiger charge is 2.22. The van der Waals surface area contributed by atoms with E-state index in [-0.39, 0.29) is 5.30 Å². The van der Waals surface area contributed by atoms with Crippen LogP contribution in [0.4, 0.5) is 0 Å². The highest BCUT2D eigenvalue weighted by molar-refractivity contribution is 7.60. The maximum absolute atomic E-state index is 11.7. The monoisotopic (exact) mass is 432 g/mol. The molecule has 0 bridgehead atoms. The van der Waals surface area contributed by atoms with Crippen LogP contribution in [0.15, 0.2) is 91.5 Å². The summed E-state index contributed by atoms with van der Waals surface area (Å²) >= 11 is 0. The summed E-state index contributed by atoms with van der Waals surface area (Å²) in [7, 11) is -4.30. The van der Waals surface area contributed by atoms with Gasteiger partial charge >= 0.3 is 7.60 Å². The molecule has 4 aromatic rings. The minimum atomic E-state index is -4.30. The molecule has 31 heavy (non-hydrogen) atoms. The molecule has 4 rings (SSSR count). The third kappa shape index (κ3) is 4.97. The predicted octanol–water partition coefficient (Wildman–Crippen LogP) is 3.39. The van der Waals surface area contributed by atoms with Gasteiger partial charge in [-0.3, -0.25) is 4.57 Å². The Balaban J connectivity index is 1.55. The first kappa shape index (κ1) is 21.1. The Labute approximate surface area is 182 Å². The Morgan fingerprint density at radius 2 is 1.32 bits per heavy atom. The Morgan fingerprint density at radius 1 is 0.774 bits per heavy atom. The van der Waals surface area contributed by atoms with Gasteiger partial charge in [0.15, 0.2) is 31.3 Å². The summed E-state index contributed by atoms with van der Waals surface area (Å²) in [5.41, 5.74) is 6.40. The van der Waals surface area contributed by atoms with Crippen LogP contribution in [0, 0.1) is 13.8 Å². The van der Waals surface area contributed by atoms with E-state index >= 15 is 0 Å². The second-order valence-corrected chi connectivity index (χ2v) is 9.34. The average molecular weight is 432 g/mol. The second-order valence-electron chi connectivity index (χ2n) is 7.77. The number of rotatable bonds is 5. The summed E-state index contributed by atoms with van der Waals surface area (Å²) in [6.07, 6.45) is 7.97. The standard InChI is InChI=1S/C25H23N2O3P/c1-19-15-20(2)17-24(16-19)27-13-9-22(10-14-27)21-7-11-26(12-8-21)18-23-5-3-4-6-25(23)31(28,29)30/h3-17H,18H2,1-2H3/p+2. The Morgan fingerprint density at radius 3 is 1.90 bits per heavy atom. The van der Waals surface area contributed by atoms with E-state index < -0.39 is 7.60 Å². The number of aromatic nitrogens is 2. The van der Waals surface area contributed by atoms with Gasteiger partial charge in [-0.05, 0) is 42.2 Å². The van der Waals surface area contributed by atoms with Crippen molar-refractivity contribution in [2.75, 3.05) is 0 Å². The number of benzene rings is 2. The molecule has 0 aliphatic rings. The van der Waals surface area contributed by atoms with Crippen molar-refractivity contribution < 1.29 is 23.5 Å². The van der Waals surface area contributed by atoms with Crippen molar-refractivity contribution in [2.45, 2.75) is 20.4 Å². The number of nitrogens with zero attached hydrogens (tertiary/aromatic N) is 2. The van der Waals surface area contributed by atoms with Crippen LogP contribution < -0.4 is 14.4 Å². The number of hydrogen-bond donors (Lipinski definition) is 2. The summed E-state index contributed by atoms with van der Waals surface area (Å²) in [6, 6.07) is 21.3. The van der Waals surface area contributed by atoms with E-state index in [0.717, 1.165) is 16.8 Å². The molecule has 2 aromatic carbocycles. The first-order valence-corrected chi connectivity index (χ1v) is 11.6. The lowest BCUT2D eigenvalue weighted by Gasteiger charge is -2.08. The van der Waals surface area contributed by atoms with Gasteiger partial charge < -0.3 is 9.79 Å². The fourth-order valence-electron chi connectivity index (χ4n) is 3.77. The Hall–Kier alpha value is -3.11. The minimum absolute atomic E-state index is 0.0746.